The van der Waals surface area contributed by atoms with Crippen LogP contribution < -0.4 is 5.32 Å². The number of aliphatic hydroxyl groups is 4. The van der Waals surface area contributed by atoms with E-state index >= 15 is 0 Å². The van der Waals surface area contributed by atoms with Crippen molar-refractivity contribution < 1.29 is 25.2 Å². The molecule has 0 aromatic heterocycles. The monoisotopic (exact) mass is 177 g/mol. The minimum atomic E-state index is -1.46. The molecular formula is C6H11NO5. The Kier molecular flexibility index (Phi) is 2.63. The van der Waals surface area contributed by atoms with Crippen molar-refractivity contribution in [2.45, 2.75) is 18.4 Å². The van der Waals surface area contributed by atoms with Crippen molar-refractivity contribution in [1.29, 1.82) is 0 Å². The number of rotatable bonds is 1. The normalized spacial score (nSPS) is 42.5. The highest BCUT2D eigenvalue weighted by atomic mass is 16.4. The summed E-state index contributed by atoms with van der Waals surface area (Å²) in [4.78, 5) is 10.9. The topological polar surface area (TPSA) is 110 Å². The summed E-state index contributed by atoms with van der Waals surface area (Å²) in [5.74, 6) is -1.73. The van der Waals surface area contributed by atoms with Crippen LogP contribution in [0.4, 0.5) is 0 Å². The third kappa shape index (κ3) is 1.42. The van der Waals surface area contributed by atoms with Gasteiger partial charge in [0.15, 0.2) is 6.23 Å². The summed E-state index contributed by atoms with van der Waals surface area (Å²) in [5, 5.41) is 37.7. The first kappa shape index (κ1) is 9.40. The highest BCUT2D eigenvalue weighted by Crippen LogP contribution is 2.15. The largest absolute Gasteiger partial charge is 0.395 e. The van der Waals surface area contributed by atoms with E-state index in [-0.39, 0.29) is 0 Å². The maximum Gasteiger partial charge on any atom is 0.230 e. The molecule has 12 heavy (non-hydrogen) atoms. The molecule has 4 atom stereocenters. The Morgan fingerprint density at radius 2 is 1.83 bits per heavy atom. The third-order valence-electron chi connectivity index (χ3n) is 1.91. The zero-order valence-electron chi connectivity index (χ0n) is 6.21. The van der Waals surface area contributed by atoms with Gasteiger partial charge in [-0.15, -0.1) is 0 Å². The van der Waals surface area contributed by atoms with Gasteiger partial charge in [0.05, 0.1) is 18.6 Å². The predicted octanol–water partition coefficient (Wildman–Crippen LogP) is -3.24. The summed E-state index contributed by atoms with van der Waals surface area (Å²) in [6.45, 7) is -0.559. The van der Waals surface area contributed by atoms with Gasteiger partial charge in [0.2, 0.25) is 5.91 Å². The number of aliphatic hydroxyl groups excluding tert-OH is 4. The quantitative estimate of drug-likeness (QED) is 0.289. The van der Waals surface area contributed by atoms with Gasteiger partial charge in [0, 0.05) is 0 Å². The number of hydrogen-bond acceptors (Lipinski definition) is 5. The molecule has 1 fully saturated rings. The molecular weight excluding hydrogens is 166 g/mol. The maximum absolute atomic E-state index is 10.9. The van der Waals surface area contributed by atoms with E-state index < -0.39 is 36.9 Å². The van der Waals surface area contributed by atoms with Crippen LogP contribution in [0.3, 0.4) is 0 Å². The summed E-state index contributed by atoms with van der Waals surface area (Å²) >= 11 is 0. The van der Waals surface area contributed by atoms with Crippen molar-refractivity contribution in [2.75, 3.05) is 6.61 Å². The van der Waals surface area contributed by atoms with Crippen molar-refractivity contribution >= 4 is 5.91 Å². The minimum absolute atomic E-state index is 0.559. The summed E-state index contributed by atoms with van der Waals surface area (Å²) in [7, 11) is 0. The van der Waals surface area contributed by atoms with Gasteiger partial charge in [-0.3, -0.25) is 4.79 Å². The summed E-state index contributed by atoms with van der Waals surface area (Å²) in [5.41, 5.74) is 0. The highest BCUT2D eigenvalue weighted by molar-refractivity contribution is 5.80. The molecule has 0 saturated carbocycles. The van der Waals surface area contributed by atoms with Gasteiger partial charge in [-0.1, -0.05) is 0 Å². The number of carbonyl (C=O) groups is 1. The van der Waals surface area contributed by atoms with Gasteiger partial charge in [-0.05, 0) is 0 Å². The molecule has 6 heteroatoms. The van der Waals surface area contributed by atoms with Gasteiger partial charge in [-0.25, -0.2) is 0 Å². The van der Waals surface area contributed by atoms with E-state index in [0.717, 1.165) is 0 Å². The van der Waals surface area contributed by atoms with Crippen molar-refractivity contribution in [3.05, 3.63) is 0 Å². The molecule has 0 radical (unpaired) electrons. The zero-order valence-corrected chi connectivity index (χ0v) is 6.21. The number of nitrogens with one attached hydrogen (secondary N) is 1. The molecule has 5 N–H and O–H groups in total. The third-order valence-corrected chi connectivity index (χ3v) is 1.91. The van der Waals surface area contributed by atoms with E-state index in [1.54, 1.807) is 0 Å². The Morgan fingerprint density at radius 1 is 1.25 bits per heavy atom. The lowest BCUT2D eigenvalue weighted by molar-refractivity contribution is -0.161. The van der Waals surface area contributed by atoms with Crippen LogP contribution in [-0.4, -0.2) is 51.4 Å². The van der Waals surface area contributed by atoms with Crippen molar-refractivity contribution in [3.63, 3.8) is 0 Å². The lowest BCUT2D eigenvalue weighted by Gasteiger charge is -2.33. The molecule has 1 heterocycles. The van der Waals surface area contributed by atoms with E-state index in [9.17, 15) is 4.79 Å². The Bertz CT molecular complexity index is 185. The molecule has 0 spiro atoms. The average Bonchev–Trinajstić information content (AvgIpc) is 2.01. The van der Waals surface area contributed by atoms with Crippen LogP contribution in [0, 0.1) is 5.92 Å². The van der Waals surface area contributed by atoms with E-state index in [1.165, 1.54) is 0 Å². The lowest BCUT2D eigenvalue weighted by atomic mass is 9.93. The van der Waals surface area contributed by atoms with Gasteiger partial charge >= 0.3 is 0 Å². The molecule has 1 rings (SSSR count). The molecule has 6 nitrogen and oxygen atoms in total. The SMILES string of the molecule is O=C1NC(O)C(O)C(O)C1CO. The molecule has 1 aliphatic heterocycles. The second-order valence-electron chi connectivity index (χ2n) is 2.72. The molecule has 70 valence electrons. The van der Waals surface area contributed by atoms with Crippen LogP contribution in [-0.2, 0) is 4.79 Å². The van der Waals surface area contributed by atoms with Crippen LogP contribution in [0.15, 0.2) is 0 Å². The molecule has 0 bridgehead atoms. The molecule has 4 unspecified atom stereocenters. The first-order valence-electron chi connectivity index (χ1n) is 3.53. The van der Waals surface area contributed by atoms with Crippen molar-refractivity contribution in [1.82, 2.24) is 5.32 Å². The van der Waals surface area contributed by atoms with E-state index in [1.807, 2.05) is 5.32 Å². The predicted molar refractivity (Wildman–Crippen MR) is 36.7 cm³/mol. The smallest absolute Gasteiger partial charge is 0.230 e. The zero-order chi connectivity index (χ0) is 9.30. The second-order valence-corrected chi connectivity index (χ2v) is 2.72. The van der Waals surface area contributed by atoms with E-state index in [0.29, 0.717) is 0 Å². The van der Waals surface area contributed by atoms with Crippen LogP contribution in [0.1, 0.15) is 0 Å². The molecule has 1 amide bonds. The first-order chi connectivity index (χ1) is 5.57. The molecule has 0 aromatic rings. The highest BCUT2D eigenvalue weighted by Gasteiger charge is 2.41. The van der Waals surface area contributed by atoms with Crippen molar-refractivity contribution in [2.24, 2.45) is 5.92 Å². The van der Waals surface area contributed by atoms with Crippen LogP contribution >= 0.6 is 0 Å². The van der Waals surface area contributed by atoms with Crippen LogP contribution in [0.5, 0.6) is 0 Å². The van der Waals surface area contributed by atoms with Crippen LogP contribution in [0.2, 0.25) is 0 Å². The fraction of sp³-hybridized carbons (Fsp3) is 0.833. The number of carbonyl (C=O) groups excluding carboxylic acids is 1. The summed E-state index contributed by atoms with van der Waals surface area (Å²) < 4.78 is 0. The molecule has 1 saturated heterocycles. The van der Waals surface area contributed by atoms with E-state index in [2.05, 4.69) is 0 Å². The minimum Gasteiger partial charge on any atom is -0.395 e. The second kappa shape index (κ2) is 3.36. The number of hydrogen-bond donors (Lipinski definition) is 5. The summed E-state index contributed by atoms with van der Waals surface area (Å²) in [6.07, 6.45) is -4.33. The fourth-order valence-corrected chi connectivity index (χ4v) is 1.11. The van der Waals surface area contributed by atoms with Crippen LogP contribution in [0.25, 0.3) is 0 Å². The Hall–Kier alpha value is -0.690. The Labute approximate surface area is 68.4 Å². The molecule has 1 aliphatic rings. The lowest BCUT2D eigenvalue weighted by Crippen LogP contribution is -2.60. The fourth-order valence-electron chi connectivity index (χ4n) is 1.11. The Morgan fingerprint density at radius 3 is 2.33 bits per heavy atom. The van der Waals surface area contributed by atoms with E-state index in [4.69, 9.17) is 20.4 Å². The first-order valence-corrected chi connectivity index (χ1v) is 3.53. The number of piperidine rings is 1. The molecule has 0 aromatic carbocycles. The van der Waals surface area contributed by atoms with Gasteiger partial charge < -0.3 is 25.7 Å². The Balaban J connectivity index is 2.72. The van der Waals surface area contributed by atoms with Gasteiger partial charge in [-0.2, -0.15) is 0 Å². The number of amides is 1. The van der Waals surface area contributed by atoms with Crippen molar-refractivity contribution in [3.8, 4) is 0 Å². The standard InChI is InChI=1S/C6H11NO5/c8-1-2-3(9)4(10)6(12)7-5(2)11/h2-4,6,8-10,12H,1H2,(H,7,11). The average molecular weight is 177 g/mol. The van der Waals surface area contributed by atoms with Gasteiger partial charge in [0.25, 0.3) is 0 Å². The maximum atomic E-state index is 10.9. The van der Waals surface area contributed by atoms with Gasteiger partial charge in [0.1, 0.15) is 6.10 Å². The molecule has 0 aliphatic carbocycles. The summed E-state index contributed by atoms with van der Waals surface area (Å²) in [6, 6.07) is 0.